The molecular formula is C59H116O5. The van der Waals surface area contributed by atoms with Crippen molar-refractivity contribution in [1.29, 1.82) is 0 Å². The smallest absolute Gasteiger partial charge is 0.306 e. The molecule has 0 bridgehead atoms. The molecule has 0 amide bonds. The van der Waals surface area contributed by atoms with E-state index in [1.807, 2.05) is 0 Å². The zero-order valence-electron chi connectivity index (χ0n) is 43.8. The van der Waals surface area contributed by atoms with Gasteiger partial charge < -0.3 is 14.6 Å². The highest BCUT2D eigenvalue weighted by Crippen LogP contribution is 2.19. The molecule has 0 saturated carbocycles. The predicted molar refractivity (Wildman–Crippen MR) is 279 cm³/mol. The number of aliphatic hydroxyl groups excluding tert-OH is 1. The van der Waals surface area contributed by atoms with Crippen LogP contribution in [0, 0.1) is 0 Å². The number of esters is 2. The summed E-state index contributed by atoms with van der Waals surface area (Å²) in [6.45, 7) is 4.21. The van der Waals surface area contributed by atoms with Crippen LogP contribution in [0.25, 0.3) is 0 Å². The highest BCUT2D eigenvalue weighted by molar-refractivity contribution is 5.70. The van der Waals surface area contributed by atoms with E-state index in [0.29, 0.717) is 12.8 Å². The van der Waals surface area contributed by atoms with Gasteiger partial charge in [-0.3, -0.25) is 9.59 Å². The Morgan fingerprint density at radius 1 is 0.297 bits per heavy atom. The molecule has 0 aromatic carbocycles. The van der Waals surface area contributed by atoms with Gasteiger partial charge >= 0.3 is 11.9 Å². The van der Waals surface area contributed by atoms with E-state index < -0.39 is 6.10 Å². The van der Waals surface area contributed by atoms with Gasteiger partial charge in [0.05, 0.1) is 6.61 Å². The molecule has 0 aromatic heterocycles. The third-order valence-corrected chi connectivity index (χ3v) is 13.9. The summed E-state index contributed by atoms with van der Waals surface area (Å²) in [6, 6.07) is 0. The van der Waals surface area contributed by atoms with Crippen LogP contribution in [0.5, 0.6) is 0 Å². The molecule has 64 heavy (non-hydrogen) atoms. The maximum atomic E-state index is 12.3. The van der Waals surface area contributed by atoms with E-state index in [2.05, 4.69) is 13.8 Å². The molecule has 382 valence electrons. The Kier molecular flexibility index (Phi) is 55.3. The Hall–Kier alpha value is -1.10. The van der Waals surface area contributed by atoms with Crippen molar-refractivity contribution in [3.8, 4) is 0 Å². The fraction of sp³-hybridized carbons (Fsp3) is 0.966. The third kappa shape index (κ3) is 53.5. The summed E-state index contributed by atoms with van der Waals surface area (Å²) in [5.41, 5.74) is 0. The number of rotatable bonds is 56. The van der Waals surface area contributed by atoms with Crippen molar-refractivity contribution in [1.82, 2.24) is 0 Å². The van der Waals surface area contributed by atoms with E-state index in [1.54, 1.807) is 0 Å². The van der Waals surface area contributed by atoms with Gasteiger partial charge in [0.2, 0.25) is 0 Å². The lowest BCUT2D eigenvalue weighted by Gasteiger charge is -2.15. The van der Waals surface area contributed by atoms with Crippen LogP contribution in [-0.4, -0.2) is 36.4 Å². The van der Waals surface area contributed by atoms with Gasteiger partial charge in [0.25, 0.3) is 0 Å². The Bertz CT molecular complexity index is 891. The minimum absolute atomic E-state index is 0.0559. The summed E-state index contributed by atoms with van der Waals surface area (Å²) in [7, 11) is 0. The lowest BCUT2D eigenvalue weighted by Crippen LogP contribution is -2.28. The Balaban J connectivity index is 3.35. The van der Waals surface area contributed by atoms with E-state index >= 15 is 0 Å². The second-order valence-corrected chi connectivity index (χ2v) is 20.4. The second kappa shape index (κ2) is 56.2. The van der Waals surface area contributed by atoms with Crippen LogP contribution in [0.2, 0.25) is 0 Å². The highest BCUT2D eigenvalue weighted by Gasteiger charge is 2.16. The zero-order valence-corrected chi connectivity index (χ0v) is 43.8. The first-order valence-electron chi connectivity index (χ1n) is 29.6. The molecule has 0 fully saturated rings. The number of ether oxygens (including phenoxy) is 2. The minimum Gasteiger partial charge on any atom is -0.462 e. The van der Waals surface area contributed by atoms with Crippen LogP contribution < -0.4 is 0 Å². The maximum absolute atomic E-state index is 12.3. The predicted octanol–water partition coefficient (Wildman–Crippen LogP) is 19.8. The highest BCUT2D eigenvalue weighted by atomic mass is 16.6. The van der Waals surface area contributed by atoms with Gasteiger partial charge in [0, 0.05) is 12.8 Å². The van der Waals surface area contributed by atoms with E-state index in [1.165, 1.54) is 289 Å². The number of hydrogen-bond acceptors (Lipinski definition) is 5. The molecule has 5 nitrogen and oxygen atoms in total. The Morgan fingerprint density at radius 2 is 0.484 bits per heavy atom. The summed E-state index contributed by atoms with van der Waals surface area (Å²) < 4.78 is 10.7. The first-order valence-corrected chi connectivity index (χ1v) is 29.6. The van der Waals surface area contributed by atoms with Gasteiger partial charge in [-0.05, 0) is 12.8 Å². The second-order valence-electron chi connectivity index (χ2n) is 20.4. The molecule has 0 aromatic rings. The number of unbranched alkanes of at least 4 members (excludes halogenated alkanes) is 48. The Labute approximate surface area is 401 Å². The minimum atomic E-state index is -0.764. The van der Waals surface area contributed by atoms with Gasteiger partial charge in [-0.15, -0.1) is 0 Å². The molecular weight excluding hydrogens is 789 g/mol. The van der Waals surface area contributed by atoms with Crippen molar-refractivity contribution < 1.29 is 24.2 Å². The molecule has 1 atom stereocenters. The average Bonchev–Trinajstić information content (AvgIpc) is 3.30. The number of carbonyl (C=O) groups excluding carboxylic acids is 2. The van der Waals surface area contributed by atoms with E-state index in [-0.39, 0.29) is 25.2 Å². The molecule has 0 saturated heterocycles. The topological polar surface area (TPSA) is 72.8 Å². The van der Waals surface area contributed by atoms with Crippen molar-refractivity contribution in [3.63, 3.8) is 0 Å². The van der Waals surface area contributed by atoms with Gasteiger partial charge in [0.15, 0.2) is 6.10 Å². The van der Waals surface area contributed by atoms with Crippen LogP contribution in [0.4, 0.5) is 0 Å². The lowest BCUT2D eigenvalue weighted by molar-refractivity contribution is -0.161. The van der Waals surface area contributed by atoms with Gasteiger partial charge in [-0.25, -0.2) is 0 Å². The molecule has 0 spiro atoms. The van der Waals surface area contributed by atoms with Gasteiger partial charge in [0.1, 0.15) is 6.61 Å². The summed E-state index contributed by atoms with van der Waals surface area (Å²) in [6.07, 6.45) is 68.2. The molecule has 0 aliphatic rings. The average molecular weight is 906 g/mol. The third-order valence-electron chi connectivity index (χ3n) is 13.9. The first-order chi connectivity index (χ1) is 31.6. The van der Waals surface area contributed by atoms with Gasteiger partial charge in [-0.1, -0.05) is 322 Å². The van der Waals surface area contributed by atoms with Crippen molar-refractivity contribution in [2.24, 2.45) is 0 Å². The van der Waals surface area contributed by atoms with Gasteiger partial charge in [-0.2, -0.15) is 0 Å². The fourth-order valence-corrected chi connectivity index (χ4v) is 9.44. The quantitative estimate of drug-likeness (QED) is 0.0486. The fourth-order valence-electron chi connectivity index (χ4n) is 9.44. The van der Waals surface area contributed by atoms with Crippen molar-refractivity contribution in [2.45, 2.75) is 354 Å². The summed E-state index contributed by atoms with van der Waals surface area (Å²) >= 11 is 0. The molecule has 0 heterocycles. The van der Waals surface area contributed by atoms with Crippen LogP contribution in [-0.2, 0) is 19.1 Å². The molecule has 0 aliphatic carbocycles. The molecule has 1 unspecified atom stereocenters. The summed E-state index contributed by atoms with van der Waals surface area (Å²) in [5, 5.41) is 9.64. The van der Waals surface area contributed by atoms with Crippen molar-refractivity contribution in [2.75, 3.05) is 13.2 Å². The Morgan fingerprint density at radius 3 is 0.688 bits per heavy atom. The van der Waals surface area contributed by atoms with E-state index in [0.717, 1.165) is 32.1 Å². The maximum Gasteiger partial charge on any atom is 0.306 e. The molecule has 1 N–H and O–H groups in total. The van der Waals surface area contributed by atoms with E-state index in [4.69, 9.17) is 9.47 Å². The largest absolute Gasteiger partial charge is 0.462 e. The standard InChI is InChI=1S/C59H116O5/c1-3-5-7-9-11-13-15-17-19-21-22-23-24-25-26-27-28-29-30-31-32-33-34-35-36-38-40-42-44-46-48-50-52-54-59(62)64-57(55-60)56-63-58(61)53-51-49-47-45-43-41-39-37-20-18-16-14-12-10-8-6-4-2/h57,60H,3-56H2,1-2H3. The first kappa shape index (κ1) is 62.9. The van der Waals surface area contributed by atoms with Crippen LogP contribution in [0.1, 0.15) is 348 Å². The van der Waals surface area contributed by atoms with Crippen molar-refractivity contribution in [3.05, 3.63) is 0 Å². The zero-order chi connectivity index (χ0) is 46.3. The van der Waals surface area contributed by atoms with Crippen molar-refractivity contribution >= 4 is 11.9 Å². The SMILES string of the molecule is CCCCCCCCCCCCCCCCCCCCCCCCCCCCCCCCCCCC(=O)OC(CO)COC(=O)CCCCCCCCCCCCCCCCCCC. The normalized spacial score (nSPS) is 12.0. The lowest BCUT2D eigenvalue weighted by atomic mass is 10.0. The monoisotopic (exact) mass is 905 g/mol. The number of hydrogen-bond donors (Lipinski definition) is 1. The van der Waals surface area contributed by atoms with Crippen LogP contribution in [0.15, 0.2) is 0 Å². The summed E-state index contributed by atoms with van der Waals surface area (Å²) in [5.74, 6) is -0.564. The van der Waals surface area contributed by atoms with Crippen LogP contribution >= 0.6 is 0 Å². The van der Waals surface area contributed by atoms with E-state index in [9.17, 15) is 14.7 Å². The number of aliphatic hydroxyl groups is 1. The number of carbonyl (C=O) groups is 2. The molecule has 0 radical (unpaired) electrons. The molecule has 5 heteroatoms. The molecule has 0 aliphatic heterocycles. The summed E-state index contributed by atoms with van der Waals surface area (Å²) in [4.78, 5) is 24.5. The molecule has 0 rings (SSSR count). The van der Waals surface area contributed by atoms with Crippen LogP contribution in [0.3, 0.4) is 0 Å².